The monoisotopic (exact) mass is 400 g/mol. The molecule has 3 aromatic rings. The van der Waals surface area contributed by atoms with Crippen LogP contribution in [0.25, 0.3) is 0 Å². The number of thiazole rings is 1. The molecule has 0 saturated carbocycles. The second kappa shape index (κ2) is 8.20. The normalized spacial score (nSPS) is 10.3. The fourth-order valence-electron chi connectivity index (χ4n) is 2.24. The van der Waals surface area contributed by atoms with Crippen molar-refractivity contribution in [1.82, 2.24) is 4.98 Å². The number of nitrogens with zero attached hydrogens (tertiary/aromatic N) is 1. The molecule has 27 heavy (non-hydrogen) atoms. The molecular formula is C19H17ClN4O2S. The number of aryl methyl sites for hydroxylation is 2. The highest BCUT2D eigenvalue weighted by Gasteiger charge is 2.13. The van der Waals surface area contributed by atoms with Gasteiger partial charge in [-0.1, -0.05) is 17.7 Å². The molecule has 0 aliphatic rings. The number of nitrogens with one attached hydrogen (secondary N) is 3. The van der Waals surface area contributed by atoms with E-state index in [1.807, 2.05) is 32.0 Å². The van der Waals surface area contributed by atoms with E-state index in [4.69, 9.17) is 11.6 Å². The molecule has 8 heteroatoms. The van der Waals surface area contributed by atoms with E-state index in [0.29, 0.717) is 21.5 Å². The summed E-state index contributed by atoms with van der Waals surface area (Å²) >= 11 is 6.98. The van der Waals surface area contributed by atoms with E-state index >= 15 is 0 Å². The molecule has 3 N–H and O–H groups in total. The van der Waals surface area contributed by atoms with Crippen LogP contribution in [0.3, 0.4) is 0 Å². The lowest BCUT2D eigenvalue weighted by molar-refractivity contribution is 0.102. The lowest BCUT2D eigenvalue weighted by Gasteiger charge is -2.06. The fraction of sp³-hybridized carbons (Fsp3) is 0.105. The van der Waals surface area contributed by atoms with Gasteiger partial charge in [0.15, 0.2) is 5.13 Å². The largest absolute Gasteiger partial charge is 0.325 e. The highest BCUT2D eigenvalue weighted by molar-refractivity contribution is 7.14. The van der Waals surface area contributed by atoms with Gasteiger partial charge in [0.25, 0.3) is 5.91 Å². The zero-order chi connectivity index (χ0) is 19.4. The minimum Gasteiger partial charge on any atom is -0.321 e. The molecule has 1 heterocycles. The van der Waals surface area contributed by atoms with Gasteiger partial charge in [0.2, 0.25) is 0 Å². The van der Waals surface area contributed by atoms with Crippen LogP contribution in [-0.2, 0) is 0 Å². The minimum absolute atomic E-state index is 0.236. The molecule has 0 saturated heterocycles. The third-order valence-corrected chi connectivity index (χ3v) is 4.83. The van der Waals surface area contributed by atoms with Gasteiger partial charge in [-0.15, -0.1) is 11.3 Å². The van der Waals surface area contributed by atoms with E-state index in [9.17, 15) is 9.59 Å². The fourth-order valence-corrected chi connectivity index (χ4v) is 3.05. The molecular weight excluding hydrogens is 384 g/mol. The Morgan fingerprint density at radius 1 is 0.926 bits per heavy atom. The molecule has 0 unspecified atom stereocenters. The molecule has 2 aromatic carbocycles. The number of urea groups is 1. The Kier molecular flexibility index (Phi) is 5.73. The van der Waals surface area contributed by atoms with E-state index in [1.54, 1.807) is 29.6 Å². The van der Waals surface area contributed by atoms with Crippen molar-refractivity contribution in [3.05, 3.63) is 69.7 Å². The van der Waals surface area contributed by atoms with Crippen LogP contribution in [0.15, 0.2) is 47.8 Å². The summed E-state index contributed by atoms with van der Waals surface area (Å²) in [6, 6.07) is 12.0. The molecule has 1 aromatic heterocycles. The first-order valence-corrected chi connectivity index (χ1v) is 9.34. The summed E-state index contributed by atoms with van der Waals surface area (Å²) < 4.78 is 0. The van der Waals surface area contributed by atoms with Gasteiger partial charge in [-0.2, -0.15) is 0 Å². The van der Waals surface area contributed by atoms with Gasteiger partial charge in [-0.05, 0) is 61.4 Å². The molecule has 0 spiro atoms. The van der Waals surface area contributed by atoms with Crippen molar-refractivity contribution in [2.24, 2.45) is 0 Å². The van der Waals surface area contributed by atoms with Gasteiger partial charge in [0.1, 0.15) is 5.69 Å². The smallest absolute Gasteiger partial charge is 0.321 e. The molecule has 0 atom stereocenters. The van der Waals surface area contributed by atoms with Gasteiger partial charge < -0.3 is 10.6 Å². The Hall–Kier alpha value is -2.90. The standard InChI is InChI=1S/C19H17ClN4O2S/c1-11-3-6-15(9-12(11)2)21-17(25)16-10-27-19(23-16)24-18(26)22-14-7-4-13(20)5-8-14/h3-10H,1-2H3,(H,21,25)(H2,22,23,24,26). The number of benzene rings is 2. The second-order valence-electron chi connectivity index (χ2n) is 5.88. The molecule has 3 rings (SSSR count). The van der Waals surface area contributed by atoms with E-state index in [0.717, 1.165) is 11.1 Å². The van der Waals surface area contributed by atoms with E-state index in [1.165, 1.54) is 11.3 Å². The lowest BCUT2D eigenvalue weighted by Crippen LogP contribution is -2.19. The van der Waals surface area contributed by atoms with Gasteiger partial charge >= 0.3 is 6.03 Å². The van der Waals surface area contributed by atoms with Crippen molar-refractivity contribution in [1.29, 1.82) is 0 Å². The molecule has 6 nitrogen and oxygen atoms in total. The zero-order valence-corrected chi connectivity index (χ0v) is 16.2. The number of carbonyl (C=O) groups is 2. The van der Waals surface area contributed by atoms with Crippen LogP contribution in [0, 0.1) is 13.8 Å². The number of carbonyl (C=O) groups excluding carboxylic acids is 2. The van der Waals surface area contributed by atoms with Crippen LogP contribution in [0.5, 0.6) is 0 Å². The number of anilines is 3. The number of hydrogen-bond acceptors (Lipinski definition) is 4. The Morgan fingerprint density at radius 3 is 2.33 bits per heavy atom. The summed E-state index contributed by atoms with van der Waals surface area (Å²) in [7, 11) is 0. The maximum atomic E-state index is 12.3. The number of aromatic nitrogens is 1. The van der Waals surface area contributed by atoms with Crippen LogP contribution in [0.1, 0.15) is 21.6 Å². The lowest BCUT2D eigenvalue weighted by atomic mass is 10.1. The zero-order valence-electron chi connectivity index (χ0n) is 14.7. The van der Waals surface area contributed by atoms with E-state index in [2.05, 4.69) is 20.9 Å². The molecule has 0 aliphatic carbocycles. The average Bonchev–Trinajstić information content (AvgIpc) is 3.08. The summed E-state index contributed by atoms with van der Waals surface area (Å²) in [4.78, 5) is 28.5. The number of amides is 3. The van der Waals surface area contributed by atoms with Crippen LogP contribution in [-0.4, -0.2) is 16.9 Å². The topological polar surface area (TPSA) is 83.1 Å². The summed E-state index contributed by atoms with van der Waals surface area (Å²) in [6.07, 6.45) is 0. The van der Waals surface area contributed by atoms with Crippen LogP contribution in [0.2, 0.25) is 5.02 Å². The van der Waals surface area contributed by atoms with Crippen molar-refractivity contribution in [2.75, 3.05) is 16.0 Å². The second-order valence-corrected chi connectivity index (χ2v) is 7.17. The molecule has 138 valence electrons. The number of halogens is 1. The Balaban J connectivity index is 1.60. The summed E-state index contributed by atoms with van der Waals surface area (Å²) in [5.41, 5.74) is 3.78. The predicted molar refractivity (Wildman–Crippen MR) is 110 cm³/mol. The van der Waals surface area contributed by atoms with Crippen LogP contribution < -0.4 is 16.0 Å². The van der Waals surface area contributed by atoms with Gasteiger partial charge in [-0.3, -0.25) is 10.1 Å². The Labute approximate surface area is 165 Å². The molecule has 0 aliphatic heterocycles. The third kappa shape index (κ3) is 5.06. The SMILES string of the molecule is Cc1ccc(NC(=O)c2csc(NC(=O)Nc3ccc(Cl)cc3)n2)cc1C. The Morgan fingerprint density at radius 2 is 1.63 bits per heavy atom. The summed E-state index contributed by atoms with van der Waals surface area (Å²) in [6.45, 7) is 3.99. The maximum absolute atomic E-state index is 12.3. The van der Waals surface area contributed by atoms with E-state index in [-0.39, 0.29) is 11.6 Å². The van der Waals surface area contributed by atoms with Crippen LogP contribution in [0.4, 0.5) is 21.3 Å². The average molecular weight is 401 g/mol. The summed E-state index contributed by atoms with van der Waals surface area (Å²) in [5, 5.41) is 10.6. The van der Waals surface area contributed by atoms with Crippen molar-refractivity contribution in [3.63, 3.8) is 0 Å². The number of rotatable bonds is 4. The van der Waals surface area contributed by atoms with Crippen LogP contribution >= 0.6 is 22.9 Å². The van der Waals surface area contributed by atoms with Gasteiger partial charge in [0.05, 0.1) is 0 Å². The third-order valence-electron chi connectivity index (χ3n) is 3.82. The maximum Gasteiger partial charge on any atom is 0.325 e. The van der Waals surface area contributed by atoms with Crippen molar-refractivity contribution >= 4 is 51.4 Å². The first kappa shape index (κ1) is 18.9. The van der Waals surface area contributed by atoms with Crippen molar-refractivity contribution < 1.29 is 9.59 Å². The molecule has 0 bridgehead atoms. The Bertz CT molecular complexity index is 986. The highest BCUT2D eigenvalue weighted by atomic mass is 35.5. The first-order valence-electron chi connectivity index (χ1n) is 8.08. The predicted octanol–water partition coefficient (Wildman–Crippen LogP) is 5.31. The van der Waals surface area contributed by atoms with Gasteiger partial charge in [-0.25, -0.2) is 9.78 Å². The highest BCUT2D eigenvalue weighted by Crippen LogP contribution is 2.19. The van der Waals surface area contributed by atoms with E-state index < -0.39 is 6.03 Å². The first-order chi connectivity index (χ1) is 12.9. The molecule has 3 amide bonds. The van der Waals surface area contributed by atoms with Gasteiger partial charge in [0, 0.05) is 21.8 Å². The molecule has 0 radical (unpaired) electrons. The minimum atomic E-state index is -0.451. The summed E-state index contributed by atoms with van der Waals surface area (Å²) in [5.74, 6) is -0.333. The van der Waals surface area contributed by atoms with Crippen molar-refractivity contribution in [2.45, 2.75) is 13.8 Å². The van der Waals surface area contributed by atoms with Crippen molar-refractivity contribution in [3.8, 4) is 0 Å². The quantitative estimate of drug-likeness (QED) is 0.555. The number of hydrogen-bond donors (Lipinski definition) is 3. The molecule has 0 fully saturated rings.